The molecule has 3 rings (SSSR count). The minimum Gasteiger partial charge on any atom is -0.444 e. The first kappa shape index (κ1) is 17.3. The molecule has 2 N–H and O–H groups in total. The molecule has 1 unspecified atom stereocenters. The molecule has 2 aliphatic carbocycles. The standard InChI is InChI=1S/C20H30N2O2/c1-19(2,3)24-18(23)22(14-20(13-21)10-7-11-20)17-12-16(17)15-8-5-4-6-9-15/h4-6,8-9,16-17H,7,10-14,21H2,1-3H3/t16-,17?/m1/s1. The van der Waals surface area contributed by atoms with E-state index in [0.29, 0.717) is 12.5 Å². The number of hydrogen-bond donors (Lipinski definition) is 1. The van der Waals surface area contributed by atoms with Gasteiger partial charge in [-0.25, -0.2) is 4.79 Å². The molecule has 4 heteroatoms. The number of hydrogen-bond acceptors (Lipinski definition) is 3. The maximum atomic E-state index is 12.8. The van der Waals surface area contributed by atoms with E-state index in [1.807, 2.05) is 31.7 Å². The Morgan fingerprint density at radius 2 is 1.96 bits per heavy atom. The van der Waals surface area contributed by atoms with Gasteiger partial charge in [-0.3, -0.25) is 0 Å². The van der Waals surface area contributed by atoms with Crippen molar-refractivity contribution in [2.75, 3.05) is 13.1 Å². The smallest absolute Gasteiger partial charge is 0.410 e. The Hall–Kier alpha value is -1.55. The van der Waals surface area contributed by atoms with Crippen LogP contribution >= 0.6 is 0 Å². The zero-order chi connectivity index (χ0) is 17.4. The molecule has 0 heterocycles. The van der Waals surface area contributed by atoms with Crippen LogP contribution in [0.1, 0.15) is 57.9 Å². The number of carbonyl (C=O) groups excluding carboxylic acids is 1. The average molecular weight is 330 g/mol. The molecule has 132 valence electrons. The maximum Gasteiger partial charge on any atom is 0.410 e. The summed E-state index contributed by atoms with van der Waals surface area (Å²) in [6.07, 6.45) is 4.28. The summed E-state index contributed by atoms with van der Waals surface area (Å²) in [4.78, 5) is 14.8. The van der Waals surface area contributed by atoms with Crippen molar-refractivity contribution in [1.29, 1.82) is 0 Å². The molecule has 2 aliphatic rings. The highest BCUT2D eigenvalue weighted by Crippen LogP contribution is 2.48. The first-order chi connectivity index (χ1) is 11.3. The Balaban J connectivity index is 1.74. The van der Waals surface area contributed by atoms with Crippen molar-refractivity contribution in [1.82, 2.24) is 4.90 Å². The summed E-state index contributed by atoms with van der Waals surface area (Å²) in [5.41, 5.74) is 6.97. The van der Waals surface area contributed by atoms with E-state index in [1.54, 1.807) is 0 Å². The third-order valence-electron chi connectivity index (χ3n) is 5.37. The molecule has 0 saturated heterocycles. The van der Waals surface area contributed by atoms with Crippen molar-refractivity contribution in [2.45, 2.75) is 64.0 Å². The van der Waals surface area contributed by atoms with Gasteiger partial charge < -0.3 is 15.4 Å². The number of ether oxygens (including phenoxy) is 1. The number of nitrogens with two attached hydrogens (primary N) is 1. The fraction of sp³-hybridized carbons (Fsp3) is 0.650. The maximum absolute atomic E-state index is 12.8. The summed E-state index contributed by atoms with van der Waals surface area (Å²) in [7, 11) is 0. The van der Waals surface area contributed by atoms with Crippen molar-refractivity contribution in [3.8, 4) is 0 Å². The Kier molecular flexibility index (Phi) is 4.60. The van der Waals surface area contributed by atoms with Crippen molar-refractivity contribution >= 4 is 6.09 Å². The average Bonchev–Trinajstić information content (AvgIpc) is 3.26. The molecule has 0 aromatic heterocycles. The van der Waals surface area contributed by atoms with E-state index in [4.69, 9.17) is 10.5 Å². The molecule has 0 spiro atoms. The molecule has 4 nitrogen and oxygen atoms in total. The number of carbonyl (C=O) groups is 1. The summed E-state index contributed by atoms with van der Waals surface area (Å²) >= 11 is 0. The van der Waals surface area contributed by atoms with Crippen LogP contribution < -0.4 is 5.73 Å². The third-order valence-corrected chi connectivity index (χ3v) is 5.37. The lowest BCUT2D eigenvalue weighted by Gasteiger charge is -2.44. The van der Waals surface area contributed by atoms with Gasteiger partial charge in [0.1, 0.15) is 5.60 Å². The summed E-state index contributed by atoms with van der Waals surface area (Å²) in [6, 6.07) is 10.7. The van der Waals surface area contributed by atoms with E-state index in [9.17, 15) is 4.79 Å². The summed E-state index contributed by atoms with van der Waals surface area (Å²) < 4.78 is 5.69. The summed E-state index contributed by atoms with van der Waals surface area (Å²) in [6.45, 7) is 7.15. The van der Waals surface area contributed by atoms with Gasteiger partial charge in [-0.2, -0.15) is 0 Å². The minimum atomic E-state index is -0.470. The molecule has 0 aliphatic heterocycles. The quantitative estimate of drug-likeness (QED) is 0.890. The Morgan fingerprint density at radius 1 is 1.29 bits per heavy atom. The van der Waals surface area contributed by atoms with Crippen LogP contribution in [0.2, 0.25) is 0 Å². The fourth-order valence-electron chi connectivity index (χ4n) is 3.69. The first-order valence-electron chi connectivity index (χ1n) is 9.08. The van der Waals surface area contributed by atoms with Crippen LogP contribution in [0.4, 0.5) is 4.79 Å². The molecular weight excluding hydrogens is 300 g/mol. The van der Waals surface area contributed by atoms with Gasteiger partial charge in [-0.15, -0.1) is 0 Å². The van der Waals surface area contributed by atoms with Crippen molar-refractivity contribution in [2.24, 2.45) is 11.1 Å². The number of amides is 1. The molecule has 0 radical (unpaired) electrons. The predicted octanol–water partition coefficient (Wildman–Crippen LogP) is 3.91. The van der Waals surface area contributed by atoms with Crippen molar-refractivity contribution in [3.05, 3.63) is 35.9 Å². The van der Waals surface area contributed by atoms with Crippen LogP contribution in [-0.2, 0) is 4.74 Å². The van der Waals surface area contributed by atoms with Crippen molar-refractivity contribution in [3.63, 3.8) is 0 Å². The predicted molar refractivity (Wildman–Crippen MR) is 95.9 cm³/mol. The van der Waals surface area contributed by atoms with Crippen LogP contribution in [0.3, 0.4) is 0 Å². The van der Waals surface area contributed by atoms with Gasteiger partial charge in [0.15, 0.2) is 0 Å². The van der Waals surface area contributed by atoms with Gasteiger partial charge in [-0.1, -0.05) is 36.8 Å². The van der Waals surface area contributed by atoms with Gasteiger partial charge in [0, 0.05) is 23.9 Å². The Labute approximate surface area is 145 Å². The lowest BCUT2D eigenvalue weighted by molar-refractivity contribution is 0.00300. The second-order valence-electron chi connectivity index (χ2n) is 8.49. The Bertz CT molecular complexity index is 570. The highest BCUT2D eigenvalue weighted by Gasteiger charge is 2.49. The molecule has 2 saturated carbocycles. The SMILES string of the molecule is CC(C)(C)OC(=O)N(CC1(CN)CCC1)C1C[C@@H]1c1ccccc1. The van der Waals surface area contributed by atoms with Crippen LogP contribution in [0.25, 0.3) is 0 Å². The molecule has 2 fully saturated rings. The molecule has 24 heavy (non-hydrogen) atoms. The largest absolute Gasteiger partial charge is 0.444 e. The first-order valence-corrected chi connectivity index (χ1v) is 9.08. The van der Waals surface area contributed by atoms with Crippen molar-refractivity contribution < 1.29 is 9.53 Å². The van der Waals surface area contributed by atoms with Gasteiger partial charge in [0.05, 0.1) is 0 Å². The van der Waals surface area contributed by atoms with Gasteiger partial charge in [0.2, 0.25) is 0 Å². The lowest BCUT2D eigenvalue weighted by atomic mass is 9.68. The molecule has 1 aromatic rings. The van der Waals surface area contributed by atoms with Crippen LogP contribution in [-0.4, -0.2) is 35.7 Å². The normalized spacial score (nSPS) is 24.8. The van der Waals surface area contributed by atoms with E-state index < -0.39 is 5.60 Å². The topological polar surface area (TPSA) is 55.6 Å². The van der Waals surface area contributed by atoms with Crippen LogP contribution in [0, 0.1) is 5.41 Å². The fourth-order valence-corrected chi connectivity index (χ4v) is 3.69. The van der Waals surface area contributed by atoms with Crippen LogP contribution in [0.15, 0.2) is 30.3 Å². The molecule has 2 atom stereocenters. The van der Waals surface area contributed by atoms with Crippen LogP contribution in [0.5, 0.6) is 0 Å². The van der Waals surface area contributed by atoms with E-state index in [2.05, 4.69) is 24.3 Å². The summed E-state index contributed by atoms with van der Waals surface area (Å²) in [5, 5.41) is 0. The number of rotatable bonds is 5. The van der Waals surface area contributed by atoms with E-state index >= 15 is 0 Å². The number of benzene rings is 1. The highest BCUT2D eigenvalue weighted by atomic mass is 16.6. The van der Waals surface area contributed by atoms with E-state index in [0.717, 1.165) is 25.8 Å². The van der Waals surface area contributed by atoms with E-state index in [1.165, 1.54) is 12.0 Å². The minimum absolute atomic E-state index is 0.0979. The van der Waals surface area contributed by atoms with Gasteiger partial charge in [-0.05, 0) is 52.1 Å². The molecule has 1 aromatic carbocycles. The second-order valence-corrected chi connectivity index (χ2v) is 8.49. The molecule has 0 bridgehead atoms. The second kappa shape index (κ2) is 6.40. The van der Waals surface area contributed by atoms with Gasteiger partial charge in [0.25, 0.3) is 0 Å². The zero-order valence-electron chi connectivity index (χ0n) is 15.1. The van der Waals surface area contributed by atoms with E-state index in [-0.39, 0.29) is 17.6 Å². The number of nitrogens with zero attached hydrogens (tertiary/aromatic N) is 1. The highest BCUT2D eigenvalue weighted by molar-refractivity contribution is 5.69. The Morgan fingerprint density at radius 3 is 2.46 bits per heavy atom. The van der Waals surface area contributed by atoms with Gasteiger partial charge >= 0.3 is 6.09 Å². The monoisotopic (exact) mass is 330 g/mol. The zero-order valence-corrected chi connectivity index (χ0v) is 15.1. The molecular formula is C20H30N2O2. The summed E-state index contributed by atoms with van der Waals surface area (Å²) in [5.74, 6) is 0.425. The third kappa shape index (κ3) is 3.75. The molecule has 1 amide bonds. The lowest BCUT2D eigenvalue weighted by Crippen LogP contribution is -2.50.